The minimum atomic E-state index is -0.329. The second-order valence-electron chi connectivity index (χ2n) is 6.90. The zero-order chi connectivity index (χ0) is 20.6. The van der Waals surface area contributed by atoms with Crippen molar-refractivity contribution in [3.05, 3.63) is 76.6 Å². The van der Waals surface area contributed by atoms with Gasteiger partial charge in [-0.15, -0.1) is 0 Å². The molecule has 0 spiro atoms. The van der Waals surface area contributed by atoms with Crippen molar-refractivity contribution in [3.8, 4) is 5.75 Å². The molecule has 2 unspecified atom stereocenters. The maximum atomic E-state index is 13.1. The van der Waals surface area contributed by atoms with Crippen molar-refractivity contribution in [1.82, 2.24) is 10.6 Å². The van der Waals surface area contributed by atoms with Crippen LogP contribution in [0, 0.1) is 5.82 Å². The number of hydrogen-bond acceptors (Lipinski definition) is 4. The molecule has 3 N–H and O–H groups in total. The van der Waals surface area contributed by atoms with Gasteiger partial charge in [0.15, 0.2) is 0 Å². The number of aliphatic hydroxyl groups excluding tert-OH is 1. The lowest BCUT2D eigenvalue weighted by molar-refractivity contribution is -0.118. The van der Waals surface area contributed by atoms with Crippen LogP contribution in [-0.2, 0) is 11.3 Å². The summed E-state index contributed by atoms with van der Waals surface area (Å²) in [6, 6.07) is 13.5. The highest BCUT2D eigenvalue weighted by Gasteiger charge is 2.27. The molecule has 2 aromatic carbocycles. The van der Waals surface area contributed by atoms with Crippen LogP contribution in [0.5, 0.6) is 5.75 Å². The molecule has 29 heavy (non-hydrogen) atoms. The van der Waals surface area contributed by atoms with E-state index in [-0.39, 0.29) is 37.0 Å². The zero-order valence-corrected chi connectivity index (χ0v) is 16.7. The summed E-state index contributed by atoms with van der Waals surface area (Å²) in [6.07, 6.45) is 2.67. The van der Waals surface area contributed by atoms with Crippen molar-refractivity contribution in [1.29, 1.82) is 0 Å². The van der Waals surface area contributed by atoms with Crippen molar-refractivity contribution in [2.75, 3.05) is 13.2 Å². The van der Waals surface area contributed by atoms with Gasteiger partial charge in [-0.2, -0.15) is 0 Å². The molecule has 0 fully saturated rings. The van der Waals surface area contributed by atoms with Crippen LogP contribution in [0.25, 0.3) is 0 Å². The van der Waals surface area contributed by atoms with E-state index in [4.69, 9.17) is 21.4 Å². The van der Waals surface area contributed by atoms with Gasteiger partial charge < -0.3 is 20.5 Å². The second-order valence-corrected chi connectivity index (χ2v) is 7.31. The molecule has 154 valence electrons. The summed E-state index contributed by atoms with van der Waals surface area (Å²) >= 11 is 6.20. The molecule has 1 amide bonds. The van der Waals surface area contributed by atoms with E-state index in [1.807, 2.05) is 18.2 Å². The van der Waals surface area contributed by atoms with E-state index in [0.29, 0.717) is 35.7 Å². The average molecular weight is 419 g/mol. The standard InChI is InChI=1S/C22H24ClFN2O3/c23-20-3-1-2-4-21(20)29-19-12-16(22(28)25-9-10-27)11-18(13-19)26-14-15-5-7-17(24)8-6-15/h1-8,12,18-19,26-27H,9-11,13-14H2,(H,25,28). The first kappa shape index (κ1) is 21.3. The molecule has 0 saturated carbocycles. The van der Waals surface area contributed by atoms with Crippen LogP contribution >= 0.6 is 11.6 Å². The lowest BCUT2D eigenvalue weighted by atomic mass is 9.91. The predicted octanol–water partition coefficient (Wildman–Crippen LogP) is 3.21. The Morgan fingerprint density at radius 1 is 1.21 bits per heavy atom. The molecular formula is C22H24ClFN2O3. The van der Waals surface area contributed by atoms with E-state index in [1.54, 1.807) is 24.3 Å². The predicted molar refractivity (Wildman–Crippen MR) is 110 cm³/mol. The summed E-state index contributed by atoms with van der Waals surface area (Å²) in [4.78, 5) is 12.4. The Hall–Kier alpha value is -2.41. The summed E-state index contributed by atoms with van der Waals surface area (Å²) in [5.41, 5.74) is 1.55. The van der Waals surface area contributed by atoms with Crippen LogP contribution in [0.3, 0.4) is 0 Å². The third-order valence-corrected chi connectivity index (χ3v) is 4.99. The van der Waals surface area contributed by atoms with Crippen LogP contribution in [0.4, 0.5) is 4.39 Å². The largest absolute Gasteiger partial charge is 0.485 e. The molecule has 0 aromatic heterocycles. The van der Waals surface area contributed by atoms with Crippen molar-refractivity contribution < 1.29 is 19.0 Å². The highest BCUT2D eigenvalue weighted by molar-refractivity contribution is 6.32. The number of carbonyl (C=O) groups excluding carboxylic acids is 1. The minimum absolute atomic E-state index is 0.00702. The molecule has 3 rings (SSSR count). The maximum Gasteiger partial charge on any atom is 0.247 e. The maximum absolute atomic E-state index is 13.1. The summed E-state index contributed by atoms with van der Waals surface area (Å²) < 4.78 is 19.1. The summed E-state index contributed by atoms with van der Waals surface area (Å²) in [5, 5.41) is 15.6. The molecule has 1 aliphatic carbocycles. The normalized spacial score (nSPS) is 18.8. The van der Waals surface area contributed by atoms with E-state index in [1.165, 1.54) is 12.1 Å². The molecule has 0 saturated heterocycles. The van der Waals surface area contributed by atoms with Gasteiger partial charge in [0.1, 0.15) is 17.7 Å². The number of rotatable bonds is 8. The molecule has 0 radical (unpaired) electrons. The lowest BCUT2D eigenvalue weighted by Gasteiger charge is -2.29. The molecule has 0 heterocycles. The van der Waals surface area contributed by atoms with Crippen LogP contribution in [-0.4, -0.2) is 36.3 Å². The van der Waals surface area contributed by atoms with Gasteiger partial charge in [-0.25, -0.2) is 4.39 Å². The number of amides is 1. The number of nitrogens with one attached hydrogen (secondary N) is 2. The van der Waals surface area contributed by atoms with Crippen LogP contribution in [0.2, 0.25) is 5.02 Å². The van der Waals surface area contributed by atoms with E-state index >= 15 is 0 Å². The Kier molecular flexibility index (Phi) is 7.63. The lowest BCUT2D eigenvalue weighted by Crippen LogP contribution is -2.40. The number of halogens is 2. The first-order chi connectivity index (χ1) is 14.0. The van der Waals surface area contributed by atoms with Gasteiger partial charge in [0.05, 0.1) is 11.6 Å². The van der Waals surface area contributed by atoms with Crippen molar-refractivity contribution in [2.24, 2.45) is 0 Å². The number of aliphatic hydroxyl groups is 1. The Bertz CT molecular complexity index is 857. The SMILES string of the molecule is O=C(NCCO)C1=CC(Oc2ccccc2Cl)CC(NCc2ccc(F)cc2)C1. The molecule has 2 atom stereocenters. The number of benzene rings is 2. The smallest absolute Gasteiger partial charge is 0.247 e. The van der Waals surface area contributed by atoms with Gasteiger partial charge in [-0.05, 0) is 42.3 Å². The number of para-hydroxylation sites is 1. The molecule has 2 aromatic rings. The summed E-state index contributed by atoms with van der Waals surface area (Å²) in [5.74, 6) is 0.0650. The van der Waals surface area contributed by atoms with Crippen LogP contribution in [0.1, 0.15) is 18.4 Å². The topological polar surface area (TPSA) is 70.6 Å². The van der Waals surface area contributed by atoms with Gasteiger partial charge >= 0.3 is 0 Å². The average Bonchev–Trinajstić information content (AvgIpc) is 2.73. The van der Waals surface area contributed by atoms with E-state index in [0.717, 1.165) is 5.56 Å². The van der Waals surface area contributed by atoms with Crippen LogP contribution < -0.4 is 15.4 Å². The molecule has 7 heteroatoms. The van der Waals surface area contributed by atoms with Gasteiger partial charge in [-0.1, -0.05) is 35.9 Å². The Balaban J connectivity index is 1.70. The molecule has 0 aliphatic heterocycles. The van der Waals surface area contributed by atoms with Crippen molar-refractivity contribution in [3.63, 3.8) is 0 Å². The van der Waals surface area contributed by atoms with Crippen molar-refractivity contribution in [2.45, 2.75) is 31.5 Å². The van der Waals surface area contributed by atoms with Gasteiger partial charge in [0, 0.05) is 31.1 Å². The van der Waals surface area contributed by atoms with Gasteiger partial charge in [0.25, 0.3) is 0 Å². The van der Waals surface area contributed by atoms with E-state index in [9.17, 15) is 9.18 Å². The monoisotopic (exact) mass is 418 g/mol. The van der Waals surface area contributed by atoms with Gasteiger partial charge in [-0.3, -0.25) is 4.79 Å². The molecule has 0 bridgehead atoms. The first-order valence-electron chi connectivity index (χ1n) is 9.54. The third kappa shape index (κ3) is 6.29. The second kappa shape index (κ2) is 10.4. The summed E-state index contributed by atoms with van der Waals surface area (Å²) in [7, 11) is 0. The van der Waals surface area contributed by atoms with Crippen molar-refractivity contribution >= 4 is 17.5 Å². The third-order valence-electron chi connectivity index (χ3n) is 4.68. The Morgan fingerprint density at radius 3 is 2.69 bits per heavy atom. The van der Waals surface area contributed by atoms with E-state index in [2.05, 4.69) is 10.6 Å². The quantitative estimate of drug-likeness (QED) is 0.615. The number of carbonyl (C=O) groups is 1. The fraction of sp³-hybridized carbons (Fsp3) is 0.318. The fourth-order valence-electron chi connectivity index (χ4n) is 3.25. The van der Waals surface area contributed by atoms with Crippen LogP contribution in [0.15, 0.2) is 60.2 Å². The Labute approximate surface area is 174 Å². The molecule has 1 aliphatic rings. The minimum Gasteiger partial charge on any atom is -0.485 e. The highest BCUT2D eigenvalue weighted by Crippen LogP contribution is 2.28. The summed E-state index contributed by atoms with van der Waals surface area (Å²) in [6.45, 7) is 0.625. The highest BCUT2D eigenvalue weighted by atomic mass is 35.5. The molecule has 5 nitrogen and oxygen atoms in total. The number of ether oxygens (including phenoxy) is 1. The first-order valence-corrected chi connectivity index (χ1v) is 9.91. The van der Waals surface area contributed by atoms with Gasteiger partial charge in [0.2, 0.25) is 5.91 Å². The fourth-order valence-corrected chi connectivity index (χ4v) is 3.43. The Morgan fingerprint density at radius 2 is 1.97 bits per heavy atom. The molecular weight excluding hydrogens is 395 g/mol. The number of hydrogen-bond donors (Lipinski definition) is 3. The van der Waals surface area contributed by atoms with E-state index < -0.39 is 0 Å². The zero-order valence-electron chi connectivity index (χ0n) is 15.9.